The van der Waals surface area contributed by atoms with E-state index < -0.39 is 0 Å². The third-order valence-corrected chi connectivity index (χ3v) is 7.20. The zero-order chi connectivity index (χ0) is 26.6. The minimum Gasteiger partial charge on any atom is -0.340 e. The Labute approximate surface area is 229 Å². The van der Waals surface area contributed by atoms with E-state index in [2.05, 4.69) is 91.2 Å². The number of fused-ring (bicyclic) bond motifs is 3. The molecule has 0 unspecified atom stereocenters. The number of anilines is 2. The van der Waals surface area contributed by atoms with E-state index in [0.29, 0.717) is 0 Å². The molecule has 0 saturated heterocycles. The van der Waals surface area contributed by atoms with Crippen LogP contribution in [0, 0.1) is 6.92 Å². The first-order valence-electron chi connectivity index (χ1n) is 13.7. The molecule has 0 saturated carbocycles. The van der Waals surface area contributed by atoms with Crippen LogP contribution in [0.3, 0.4) is 0 Å². The van der Waals surface area contributed by atoms with Crippen LogP contribution in [0.4, 0.5) is 11.5 Å². The Kier molecular flexibility index (Phi) is 6.96. The highest BCUT2D eigenvalue weighted by atomic mass is 15.5. The molecule has 0 spiro atoms. The monoisotopic (exact) mass is 511 g/mol. The number of hydrazone groups is 1. The zero-order valence-corrected chi connectivity index (χ0v) is 22.5. The van der Waals surface area contributed by atoms with Crippen LogP contribution in [0.1, 0.15) is 37.4 Å². The van der Waals surface area contributed by atoms with Crippen molar-refractivity contribution >= 4 is 39.5 Å². The Hall–Kier alpha value is -4.64. The molecule has 0 radical (unpaired) electrons. The number of unbranched alkanes of at least 4 members (excludes halogenated alkanes) is 2. The van der Waals surface area contributed by atoms with Gasteiger partial charge in [-0.3, -0.25) is 0 Å². The van der Waals surface area contributed by atoms with E-state index in [1.54, 1.807) is 0 Å². The van der Waals surface area contributed by atoms with E-state index in [9.17, 15) is 0 Å². The van der Waals surface area contributed by atoms with Gasteiger partial charge in [0.25, 0.3) is 0 Å². The van der Waals surface area contributed by atoms with E-state index in [-0.39, 0.29) is 0 Å². The van der Waals surface area contributed by atoms with Gasteiger partial charge in [0.1, 0.15) is 0 Å². The normalized spacial score (nSPS) is 11.6. The van der Waals surface area contributed by atoms with E-state index >= 15 is 0 Å². The summed E-state index contributed by atoms with van der Waals surface area (Å²) < 4.78 is 4.43. The first-order valence-corrected chi connectivity index (χ1v) is 13.7. The lowest BCUT2D eigenvalue weighted by Crippen LogP contribution is -2.10. The molecule has 5 heteroatoms. The minimum absolute atomic E-state index is 0.771. The molecule has 5 nitrogen and oxygen atoms in total. The maximum absolute atomic E-state index is 4.96. The summed E-state index contributed by atoms with van der Waals surface area (Å²) in [7, 11) is 0. The topological polar surface area (TPSA) is 38.4 Å². The van der Waals surface area contributed by atoms with Crippen molar-refractivity contribution in [2.75, 3.05) is 5.01 Å². The van der Waals surface area contributed by atoms with Crippen molar-refractivity contribution in [3.05, 3.63) is 120 Å². The quantitative estimate of drug-likeness (QED) is 0.111. The van der Waals surface area contributed by atoms with Gasteiger partial charge in [-0.2, -0.15) is 5.10 Å². The number of hydrogen-bond donors (Lipinski definition) is 0. The molecule has 39 heavy (non-hydrogen) atoms. The predicted octanol–water partition coefficient (Wildman–Crippen LogP) is 8.65. The number of benzene rings is 4. The molecule has 2 aromatic heterocycles. The fourth-order valence-electron chi connectivity index (χ4n) is 5.26. The second kappa shape index (κ2) is 11.0. The Balaban J connectivity index is 1.39. The summed E-state index contributed by atoms with van der Waals surface area (Å²) in [5.41, 5.74) is 6.66. The summed E-state index contributed by atoms with van der Waals surface area (Å²) in [6.45, 7) is 5.36. The summed E-state index contributed by atoms with van der Waals surface area (Å²) in [6, 6.07) is 37.8. The standard InChI is InChI=1S/C34H33N5/c1-3-4-13-22-37-32-19-12-11-18-30(32)31-24-27(20-21-33(31)37)25-35-39(29-16-9-6-10-17-29)34-23-26(2)38(36-34)28-14-7-5-8-15-28/h5-12,14-21,23-25H,3-4,13,22H2,1-2H3. The molecule has 0 amide bonds. The largest absolute Gasteiger partial charge is 0.340 e. The Morgan fingerprint density at radius 3 is 2.28 bits per heavy atom. The average Bonchev–Trinajstić information content (AvgIpc) is 3.52. The lowest BCUT2D eigenvalue weighted by Gasteiger charge is -2.16. The van der Waals surface area contributed by atoms with Crippen LogP contribution < -0.4 is 5.01 Å². The van der Waals surface area contributed by atoms with Gasteiger partial charge in [0.15, 0.2) is 5.82 Å². The van der Waals surface area contributed by atoms with Crippen molar-refractivity contribution in [1.29, 1.82) is 0 Å². The number of aryl methyl sites for hydroxylation is 2. The second-order valence-electron chi connectivity index (χ2n) is 9.94. The number of para-hydroxylation sites is 3. The van der Waals surface area contributed by atoms with Crippen molar-refractivity contribution in [1.82, 2.24) is 14.3 Å². The van der Waals surface area contributed by atoms with Crippen molar-refractivity contribution in [3.8, 4) is 5.69 Å². The van der Waals surface area contributed by atoms with E-state index in [1.165, 1.54) is 41.1 Å². The zero-order valence-electron chi connectivity index (χ0n) is 22.5. The van der Waals surface area contributed by atoms with Gasteiger partial charge in [0, 0.05) is 40.1 Å². The number of hydrogen-bond acceptors (Lipinski definition) is 3. The third-order valence-electron chi connectivity index (χ3n) is 7.20. The lowest BCUT2D eigenvalue weighted by atomic mass is 10.1. The third kappa shape index (κ3) is 4.96. The maximum Gasteiger partial charge on any atom is 0.176 e. The molecule has 2 heterocycles. The molecule has 6 aromatic rings. The molecular weight excluding hydrogens is 478 g/mol. The number of aromatic nitrogens is 3. The SMILES string of the molecule is CCCCCn1c2ccccc2c2cc(C=NN(c3ccccc3)c3cc(C)n(-c4ccccc4)n3)ccc21. The molecule has 0 aliphatic rings. The van der Waals surface area contributed by atoms with Crippen LogP contribution >= 0.6 is 0 Å². The van der Waals surface area contributed by atoms with Crippen LogP contribution in [0.2, 0.25) is 0 Å². The second-order valence-corrected chi connectivity index (χ2v) is 9.94. The fourth-order valence-corrected chi connectivity index (χ4v) is 5.26. The Morgan fingerprint density at radius 2 is 1.49 bits per heavy atom. The van der Waals surface area contributed by atoms with Crippen LogP contribution in [-0.4, -0.2) is 20.6 Å². The van der Waals surface area contributed by atoms with Gasteiger partial charge >= 0.3 is 0 Å². The average molecular weight is 512 g/mol. The molecule has 194 valence electrons. The predicted molar refractivity (Wildman–Crippen MR) is 163 cm³/mol. The summed E-state index contributed by atoms with van der Waals surface area (Å²) >= 11 is 0. The molecule has 0 aliphatic heterocycles. The van der Waals surface area contributed by atoms with E-state index in [0.717, 1.165) is 35.0 Å². The van der Waals surface area contributed by atoms with Crippen LogP contribution in [-0.2, 0) is 6.54 Å². The van der Waals surface area contributed by atoms with Crippen LogP contribution in [0.15, 0.2) is 114 Å². The van der Waals surface area contributed by atoms with E-state index in [1.807, 2.05) is 52.3 Å². The molecule has 6 rings (SSSR count). The van der Waals surface area contributed by atoms with Crippen LogP contribution in [0.25, 0.3) is 27.5 Å². The molecule has 0 N–H and O–H groups in total. The maximum atomic E-state index is 4.96. The fraction of sp³-hybridized carbons (Fsp3) is 0.176. The highest BCUT2D eigenvalue weighted by Crippen LogP contribution is 2.31. The van der Waals surface area contributed by atoms with Crippen molar-refractivity contribution in [3.63, 3.8) is 0 Å². The molecule has 4 aromatic carbocycles. The van der Waals surface area contributed by atoms with Crippen molar-refractivity contribution < 1.29 is 0 Å². The summed E-state index contributed by atoms with van der Waals surface area (Å²) in [5, 5.41) is 14.3. The van der Waals surface area contributed by atoms with Crippen LogP contribution in [0.5, 0.6) is 0 Å². The summed E-state index contributed by atoms with van der Waals surface area (Å²) in [6.07, 6.45) is 5.59. The first-order chi connectivity index (χ1) is 19.2. The number of rotatable bonds is 9. The lowest BCUT2D eigenvalue weighted by molar-refractivity contribution is 0.627. The number of nitrogens with zero attached hydrogens (tertiary/aromatic N) is 5. The van der Waals surface area contributed by atoms with Gasteiger partial charge in [-0.05, 0) is 61.4 Å². The summed E-state index contributed by atoms with van der Waals surface area (Å²) in [4.78, 5) is 0. The van der Waals surface area contributed by atoms with Gasteiger partial charge in [-0.1, -0.05) is 80.4 Å². The van der Waals surface area contributed by atoms with E-state index in [4.69, 9.17) is 10.2 Å². The summed E-state index contributed by atoms with van der Waals surface area (Å²) in [5.74, 6) is 0.771. The smallest absolute Gasteiger partial charge is 0.176 e. The van der Waals surface area contributed by atoms with Gasteiger partial charge in [0.05, 0.1) is 17.6 Å². The highest BCUT2D eigenvalue weighted by molar-refractivity contribution is 6.09. The minimum atomic E-state index is 0.771. The molecule has 0 bridgehead atoms. The first kappa shape index (κ1) is 24.7. The molecule has 0 fully saturated rings. The van der Waals surface area contributed by atoms with Gasteiger partial charge < -0.3 is 4.57 Å². The van der Waals surface area contributed by atoms with Crippen molar-refractivity contribution in [2.45, 2.75) is 39.7 Å². The highest BCUT2D eigenvalue weighted by Gasteiger charge is 2.15. The molecular formula is C34H33N5. The Bertz CT molecular complexity index is 1730. The van der Waals surface area contributed by atoms with Crippen molar-refractivity contribution in [2.24, 2.45) is 5.10 Å². The van der Waals surface area contributed by atoms with Gasteiger partial charge in [-0.25, -0.2) is 9.69 Å². The molecule has 0 atom stereocenters. The van der Waals surface area contributed by atoms with Gasteiger partial charge in [0.2, 0.25) is 0 Å². The Morgan fingerprint density at radius 1 is 0.769 bits per heavy atom. The van der Waals surface area contributed by atoms with Gasteiger partial charge in [-0.15, -0.1) is 5.10 Å². The molecule has 0 aliphatic carbocycles.